The molecule has 0 saturated carbocycles. The summed E-state index contributed by atoms with van der Waals surface area (Å²) < 4.78 is 1.14. The van der Waals surface area contributed by atoms with Gasteiger partial charge >= 0.3 is 0 Å². The van der Waals surface area contributed by atoms with Crippen molar-refractivity contribution >= 4 is 45.2 Å². The van der Waals surface area contributed by atoms with Crippen LogP contribution < -0.4 is 5.32 Å². The minimum Gasteiger partial charge on any atom is -0.322 e. The van der Waals surface area contributed by atoms with Crippen LogP contribution in [0.4, 0.5) is 5.69 Å². The van der Waals surface area contributed by atoms with Crippen LogP contribution in [0, 0.1) is 10.5 Å². The molecule has 3 aromatic rings. The molecule has 5 nitrogen and oxygen atoms in total. The Balaban J connectivity index is 1.88. The summed E-state index contributed by atoms with van der Waals surface area (Å²) in [4.78, 5) is 12.2. The summed E-state index contributed by atoms with van der Waals surface area (Å²) in [5.41, 5.74) is 3.83. The summed E-state index contributed by atoms with van der Waals surface area (Å²) in [6.45, 7) is 1.97. The number of hydrogen-bond acceptors (Lipinski definition) is 3. The van der Waals surface area contributed by atoms with E-state index >= 15 is 0 Å². The fourth-order valence-electron chi connectivity index (χ4n) is 1.94. The number of fused-ring (bicyclic) bond motifs is 1. The number of H-pyrrole nitrogens is 1. The molecule has 0 aliphatic carbocycles. The molecule has 20 heavy (non-hydrogen) atoms. The number of carbonyl (C=O) groups is 1. The Bertz CT molecular complexity index is 797. The van der Waals surface area contributed by atoms with Gasteiger partial charge in [-0.05, 0) is 71.5 Å². The Hall–Kier alpha value is -1.96. The predicted molar refractivity (Wildman–Crippen MR) is 85.7 cm³/mol. The highest BCUT2D eigenvalue weighted by atomic mass is 127. The van der Waals surface area contributed by atoms with Crippen LogP contribution in [0.1, 0.15) is 15.9 Å². The number of nitrogens with zero attached hydrogens (tertiary/aromatic N) is 2. The SMILES string of the molecule is Cc1cc(I)ccc1NC(=O)c1ccc2n[nH]nc2c1. The Morgan fingerprint density at radius 1 is 1.15 bits per heavy atom. The maximum atomic E-state index is 12.2. The Morgan fingerprint density at radius 3 is 2.75 bits per heavy atom. The van der Waals surface area contributed by atoms with Crippen LogP contribution in [0.5, 0.6) is 0 Å². The molecule has 3 rings (SSSR count). The molecule has 0 unspecified atom stereocenters. The number of amides is 1. The molecule has 1 amide bonds. The van der Waals surface area contributed by atoms with Gasteiger partial charge in [0, 0.05) is 14.8 Å². The van der Waals surface area contributed by atoms with Crippen molar-refractivity contribution < 1.29 is 4.79 Å². The molecule has 0 radical (unpaired) electrons. The summed E-state index contributed by atoms with van der Waals surface area (Å²) >= 11 is 2.24. The summed E-state index contributed by atoms with van der Waals surface area (Å²) in [5, 5.41) is 13.4. The molecule has 0 atom stereocenters. The van der Waals surface area contributed by atoms with E-state index in [1.165, 1.54) is 0 Å². The summed E-state index contributed by atoms with van der Waals surface area (Å²) in [6, 6.07) is 11.1. The molecule has 0 aliphatic rings. The third-order valence-corrected chi connectivity index (χ3v) is 3.69. The first-order chi connectivity index (χ1) is 9.63. The topological polar surface area (TPSA) is 70.7 Å². The number of anilines is 1. The van der Waals surface area contributed by atoms with Crippen molar-refractivity contribution in [3.05, 3.63) is 51.1 Å². The van der Waals surface area contributed by atoms with E-state index in [9.17, 15) is 4.79 Å². The average Bonchev–Trinajstić information content (AvgIpc) is 2.89. The maximum Gasteiger partial charge on any atom is 0.255 e. The fraction of sp³-hybridized carbons (Fsp3) is 0.0714. The summed E-state index contributed by atoms with van der Waals surface area (Å²) in [6.07, 6.45) is 0. The van der Waals surface area contributed by atoms with Gasteiger partial charge < -0.3 is 5.32 Å². The monoisotopic (exact) mass is 378 g/mol. The normalized spacial score (nSPS) is 10.7. The second kappa shape index (κ2) is 5.20. The van der Waals surface area contributed by atoms with Crippen LogP contribution in [0.25, 0.3) is 11.0 Å². The molecule has 2 aromatic carbocycles. The molecule has 0 fully saturated rings. The van der Waals surface area contributed by atoms with E-state index in [1.807, 2.05) is 25.1 Å². The van der Waals surface area contributed by atoms with Crippen molar-refractivity contribution in [3.8, 4) is 0 Å². The Labute approximate surface area is 128 Å². The number of benzene rings is 2. The van der Waals surface area contributed by atoms with Crippen molar-refractivity contribution in [1.29, 1.82) is 0 Å². The van der Waals surface area contributed by atoms with Gasteiger partial charge in [0.05, 0.1) is 0 Å². The number of aryl methyl sites for hydroxylation is 1. The molecule has 6 heteroatoms. The van der Waals surface area contributed by atoms with Gasteiger partial charge in [0.1, 0.15) is 11.0 Å². The van der Waals surface area contributed by atoms with Crippen molar-refractivity contribution in [2.75, 3.05) is 5.32 Å². The van der Waals surface area contributed by atoms with Gasteiger partial charge in [0.2, 0.25) is 0 Å². The molecule has 0 spiro atoms. The third-order valence-electron chi connectivity index (χ3n) is 3.02. The van der Waals surface area contributed by atoms with Crippen LogP contribution in [0.2, 0.25) is 0 Å². The van der Waals surface area contributed by atoms with Crippen LogP contribution in [0.3, 0.4) is 0 Å². The number of aromatic nitrogens is 3. The Kier molecular flexibility index (Phi) is 3.39. The summed E-state index contributed by atoms with van der Waals surface area (Å²) in [7, 11) is 0. The second-order valence-electron chi connectivity index (χ2n) is 4.44. The Morgan fingerprint density at radius 2 is 1.95 bits per heavy atom. The molecule has 1 aromatic heterocycles. The van der Waals surface area contributed by atoms with E-state index in [1.54, 1.807) is 18.2 Å². The zero-order valence-corrected chi connectivity index (χ0v) is 12.8. The van der Waals surface area contributed by atoms with Gasteiger partial charge in [-0.3, -0.25) is 4.79 Å². The average molecular weight is 378 g/mol. The number of carbonyl (C=O) groups excluding carboxylic acids is 1. The zero-order valence-electron chi connectivity index (χ0n) is 10.6. The lowest BCUT2D eigenvalue weighted by Gasteiger charge is -2.08. The lowest BCUT2D eigenvalue weighted by Crippen LogP contribution is -2.12. The van der Waals surface area contributed by atoms with E-state index in [2.05, 4.69) is 43.3 Å². The fourth-order valence-corrected chi connectivity index (χ4v) is 2.59. The molecule has 0 saturated heterocycles. The number of aromatic amines is 1. The highest BCUT2D eigenvalue weighted by Crippen LogP contribution is 2.19. The van der Waals surface area contributed by atoms with Gasteiger partial charge in [0.15, 0.2) is 0 Å². The number of halogens is 1. The zero-order chi connectivity index (χ0) is 14.1. The van der Waals surface area contributed by atoms with Crippen LogP contribution in [-0.2, 0) is 0 Å². The van der Waals surface area contributed by atoms with Gasteiger partial charge in [-0.1, -0.05) is 0 Å². The second-order valence-corrected chi connectivity index (χ2v) is 5.69. The van der Waals surface area contributed by atoms with Gasteiger partial charge in [-0.2, -0.15) is 15.4 Å². The summed E-state index contributed by atoms with van der Waals surface area (Å²) in [5.74, 6) is -0.154. The molecule has 100 valence electrons. The highest BCUT2D eigenvalue weighted by Gasteiger charge is 2.09. The van der Waals surface area contributed by atoms with Gasteiger partial charge in [0.25, 0.3) is 5.91 Å². The van der Waals surface area contributed by atoms with E-state index in [0.717, 1.165) is 20.3 Å². The first kappa shape index (κ1) is 13.0. The van der Waals surface area contributed by atoms with E-state index in [4.69, 9.17) is 0 Å². The first-order valence-corrected chi connectivity index (χ1v) is 7.09. The molecule has 0 aliphatic heterocycles. The molecule has 2 N–H and O–H groups in total. The largest absolute Gasteiger partial charge is 0.322 e. The first-order valence-electron chi connectivity index (χ1n) is 6.01. The van der Waals surface area contributed by atoms with Crippen molar-refractivity contribution in [2.24, 2.45) is 0 Å². The molecular weight excluding hydrogens is 367 g/mol. The number of hydrogen-bond donors (Lipinski definition) is 2. The van der Waals surface area contributed by atoms with Crippen molar-refractivity contribution in [3.63, 3.8) is 0 Å². The lowest BCUT2D eigenvalue weighted by molar-refractivity contribution is 0.102. The van der Waals surface area contributed by atoms with E-state index in [0.29, 0.717) is 11.1 Å². The van der Waals surface area contributed by atoms with E-state index in [-0.39, 0.29) is 5.91 Å². The maximum absolute atomic E-state index is 12.2. The quantitative estimate of drug-likeness (QED) is 0.674. The van der Waals surface area contributed by atoms with E-state index < -0.39 is 0 Å². The standard InChI is InChI=1S/C14H11IN4O/c1-8-6-10(15)3-5-11(8)16-14(20)9-2-4-12-13(7-9)18-19-17-12/h2-7H,1H3,(H,16,20)(H,17,18,19). The predicted octanol–water partition coefficient (Wildman–Crippen LogP) is 3.12. The number of rotatable bonds is 2. The highest BCUT2D eigenvalue weighted by molar-refractivity contribution is 14.1. The lowest BCUT2D eigenvalue weighted by atomic mass is 10.1. The van der Waals surface area contributed by atoms with Crippen LogP contribution in [0.15, 0.2) is 36.4 Å². The molecule has 1 heterocycles. The smallest absolute Gasteiger partial charge is 0.255 e. The molecular formula is C14H11IN4O. The van der Waals surface area contributed by atoms with Crippen molar-refractivity contribution in [1.82, 2.24) is 15.4 Å². The number of nitrogens with one attached hydrogen (secondary N) is 2. The van der Waals surface area contributed by atoms with Gasteiger partial charge in [-0.25, -0.2) is 0 Å². The van der Waals surface area contributed by atoms with Crippen LogP contribution >= 0.6 is 22.6 Å². The van der Waals surface area contributed by atoms with Crippen LogP contribution in [-0.4, -0.2) is 21.3 Å². The van der Waals surface area contributed by atoms with Gasteiger partial charge in [-0.15, -0.1) is 0 Å². The third kappa shape index (κ3) is 2.51. The molecule has 0 bridgehead atoms. The van der Waals surface area contributed by atoms with Crippen molar-refractivity contribution in [2.45, 2.75) is 6.92 Å². The minimum atomic E-state index is -0.154. The minimum absolute atomic E-state index is 0.154.